The standard InChI is InChI=1S/C26H27N3O4S/c1-32-20-9-10-23(33-2)21(16-20)22-17-34-26(27-22)28-25(31)19-12-14-29(15-13-19)24(30)11-8-18-6-4-3-5-7-18/h3-11,16-17,19H,12-15H2,1-2H3,(H,27,28,31). The Balaban J connectivity index is 1.32. The van der Waals surface area contributed by atoms with Crippen LogP contribution in [0.2, 0.25) is 0 Å². The smallest absolute Gasteiger partial charge is 0.246 e. The normalized spacial score (nSPS) is 14.2. The first-order chi connectivity index (χ1) is 16.6. The maximum Gasteiger partial charge on any atom is 0.246 e. The van der Waals surface area contributed by atoms with Gasteiger partial charge in [0.1, 0.15) is 11.5 Å². The van der Waals surface area contributed by atoms with Gasteiger partial charge in [-0.05, 0) is 42.7 Å². The third-order valence-corrected chi connectivity index (χ3v) is 6.57. The number of aromatic nitrogens is 1. The minimum absolute atomic E-state index is 0.0282. The molecule has 3 aromatic rings. The quantitative estimate of drug-likeness (QED) is 0.498. The molecule has 34 heavy (non-hydrogen) atoms. The molecule has 1 saturated heterocycles. The van der Waals surface area contributed by atoms with Crippen LogP contribution in [0.5, 0.6) is 11.5 Å². The van der Waals surface area contributed by atoms with Gasteiger partial charge >= 0.3 is 0 Å². The molecule has 0 atom stereocenters. The molecule has 0 spiro atoms. The van der Waals surface area contributed by atoms with E-state index in [0.29, 0.717) is 48.3 Å². The molecule has 2 amide bonds. The summed E-state index contributed by atoms with van der Waals surface area (Å²) in [7, 11) is 3.21. The number of benzene rings is 2. The number of amides is 2. The molecule has 4 rings (SSSR count). The topological polar surface area (TPSA) is 80.8 Å². The van der Waals surface area contributed by atoms with Gasteiger partial charge in [-0.3, -0.25) is 9.59 Å². The van der Waals surface area contributed by atoms with Crippen molar-refractivity contribution in [2.45, 2.75) is 12.8 Å². The Morgan fingerprint density at radius 2 is 1.85 bits per heavy atom. The number of methoxy groups -OCH3 is 2. The molecular weight excluding hydrogens is 450 g/mol. The summed E-state index contributed by atoms with van der Waals surface area (Å²) in [6.45, 7) is 1.11. The summed E-state index contributed by atoms with van der Waals surface area (Å²) in [6, 6.07) is 15.2. The van der Waals surface area contributed by atoms with Crippen LogP contribution in [0.4, 0.5) is 5.13 Å². The van der Waals surface area contributed by atoms with Gasteiger partial charge in [0.25, 0.3) is 0 Å². The van der Waals surface area contributed by atoms with Crippen molar-refractivity contribution in [2.75, 3.05) is 32.6 Å². The van der Waals surface area contributed by atoms with E-state index in [0.717, 1.165) is 11.1 Å². The first-order valence-electron chi connectivity index (χ1n) is 11.1. The maximum atomic E-state index is 12.8. The number of hydrogen-bond acceptors (Lipinski definition) is 6. The largest absolute Gasteiger partial charge is 0.497 e. The highest BCUT2D eigenvalue weighted by Crippen LogP contribution is 2.35. The second-order valence-electron chi connectivity index (χ2n) is 7.94. The van der Waals surface area contributed by atoms with Crippen LogP contribution in [-0.2, 0) is 9.59 Å². The molecule has 0 bridgehead atoms. The Labute approximate surface area is 203 Å². The van der Waals surface area contributed by atoms with Gasteiger partial charge in [0, 0.05) is 36.0 Å². The molecule has 8 heteroatoms. The predicted molar refractivity (Wildman–Crippen MR) is 134 cm³/mol. The molecule has 1 fully saturated rings. The number of anilines is 1. The third kappa shape index (κ3) is 5.63. The highest BCUT2D eigenvalue weighted by atomic mass is 32.1. The SMILES string of the molecule is COc1ccc(OC)c(-c2csc(NC(=O)C3CCN(C(=O)C=Cc4ccccc4)CC3)n2)c1. The fourth-order valence-electron chi connectivity index (χ4n) is 3.88. The minimum atomic E-state index is -0.152. The molecule has 1 aliphatic rings. The molecule has 1 aliphatic heterocycles. The van der Waals surface area contributed by atoms with Crippen LogP contribution in [-0.4, -0.2) is 49.0 Å². The molecule has 0 radical (unpaired) electrons. The molecule has 0 aliphatic carbocycles. The number of piperidine rings is 1. The lowest BCUT2D eigenvalue weighted by atomic mass is 9.96. The van der Waals surface area contributed by atoms with Gasteiger partial charge in [-0.1, -0.05) is 30.3 Å². The van der Waals surface area contributed by atoms with E-state index in [9.17, 15) is 9.59 Å². The molecule has 7 nitrogen and oxygen atoms in total. The summed E-state index contributed by atoms with van der Waals surface area (Å²) >= 11 is 1.37. The summed E-state index contributed by atoms with van der Waals surface area (Å²) in [5.74, 6) is 1.14. The van der Waals surface area contributed by atoms with Crippen molar-refractivity contribution in [3.8, 4) is 22.8 Å². The van der Waals surface area contributed by atoms with Crippen LogP contribution in [0.25, 0.3) is 17.3 Å². The Hall–Kier alpha value is -3.65. The summed E-state index contributed by atoms with van der Waals surface area (Å²) < 4.78 is 10.7. The van der Waals surface area contributed by atoms with Crippen molar-refractivity contribution in [2.24, 2.45) is 5.92 Å². The average Bonchev–Trinajstić information content (AvgIpc) is 3.35. The van der Waals surface area contributed by atoms with Crippen LogP contribution < -0.4 is 14.8 Å². The second-order valence-corrected chi connectivity index (χ2v) is 8.80. The van der Waals surface area contributed by atoms with Crippen LogP contribution in [0.1, 0.15) is 18.4 Å². The van der Waals surface area contributed by atoms with Gasteiger partial charge in [-0.2, -0.15) is 0 Å². The molecular formula is C26H27N3O4S. The number of nitrogens with one attached hydrogen (secondary N) is 1. The van der Waals surface area contributed by atoms with Crippen molar-refractivity contribution in [1.29, 1.82) is 0 Å². The van der Waals surface area contributed by atoms with Crippen molar-refractivity contribution in [1.82, 2.24) is 9.88 Å². The number of carbonyl (C=O) groups excluding carboxylic acids is 2. The van der Waals surface area contributed by atoms with E-state index in [1.54, 1.807) is 25.2 Å². The van der Waals surface area contributed by atoms with Crippen molar-refractivity contribution in [3.63, 3.8) is 0 Å². The lowest BCUT2D eigenvalue weighted by molar-refractivity contribution is -0.130. The van der Waals surface area contributed by atoms with E-state index in [1.807, 2.05) is 60.0 Å². The summed E-state index contributed by atoms with van der Waals surface area (Å²) in [6.07, 6.45) is 4.66. The minimum Gasteiger partial charge on any atom is -0.497 e. The summed E-state index contributed by atoms with van der Waals surface area (Å²) in [4.78, 5) is 31.7. The number of nitrogens with zero attached hydrogens (tertiary/aromatic N) is 2. The van der Waals surface area contributed by atoms with Crippen LogP contribution in [0.15, 0.2) is 60.0 Å². The van der Waals surface area contributed by atoms with Gasteiger partial charge < -0.3 is 19.7 Å². The van der Waals surface area contributed by atoms with Crippen LogP contribution in [0, 0.1) is 5.92 Å². The van der Waals surface area contributed by atoms with E-state index in [-0.39, 0.29) is 17.7 Å². The number of carbonyl (C=O) groups is 2. The lowest BCUT2D eigenvalue weighted by Crippen LogP contribution is -2.40. The third-order valence-electron chi connectivity index (χ3n) is 5.81. The van der Waals surface area contributed by atoms with Gasteiger partial charge in [0.2, 0.25) is 11.8 Å². The zero-order valence-electron chi connectivity index (χ0n) is 19.2. The zero-order valence-corrected chi connectivity index (χ0v) is 20.0. The number of hydrogen-bond donors (Lipinski definition) is 1. The first-order valence-corrected chi connectivity index (χ1v) is 12.0. The first kappa shape index (κ1) is 23.5. The monoisotopic (exact) mass is 477 g/mol. The van der Waals surface area contributed by atoms with E-state index in [4.69, 9.17) is 9.47 Å². The van der Waals surface area contributed by atoms with E-state index >= 15 is 0 Å². The number of likely N-dealkylation sites (tertiary alicyclic amines) is 1. The van der Waals surface area contributed by atoms with Crippen LogP contribution >= 0.6 is 11.3 Å². The van der Waals surface area contributed by atoms with Crippen molar-refractivity contribution in [3.05, 3.63) is 65.6 Å². The van der Waals surface area contributed by atoms with E-state index in [2.05, 4.69) is 10.3 Å². The van der Waals surface area contributed by atoms with E-state index in [1.165, 1.54) is 11.3 Å². The Morgan fingerprint density at radius 3 is 2.56 bits per heavy atom. The molecule has 0 unspecified atom stereocenters. The van der Waals surface area contributed by atoms with Crippen molar-refractivity contribution < 1.29 is 19.1 Å². The Kier molecular flexibility index (Phi) is 7.59. The lowest BCUT2D eigenvalue weighted by Gasteiger charge is -2.30. The number of ether oxygens (including phenoxy) is 2. The molecule has 1 N–H and O–H groups in total. The van der Waals surface area contributed by atoms with Gasteiger partial charge in [-0.15, -0.1) is 11.3 Å². The highest BCUT2D eigenvalue weighted by Gasteiger charge is 2.27. The van der Waals surface area contributed by atoms with Crippen LogP contribution in [0.3, 0.4) is 0 Å². The molecule has 2 heterocycles. The molecule has 2 aromatic carbocycles. The van der Waals surface area contributed by atoms with Crippen molar-refractivity contribution >= 4 is 34.4 Å². The van der Waals surface area contributed by atoms with E-state index < -0.39 is 0 Å². The van der Waals surface area contributed by atoms with Gasteiger partial charge in [0.15, 0.2) is 5.13 Å². The predicted octanol–water partition coefficient (Wildman–Crippen LogP) is 4.72. The molecule has 0 saturated carbocycles. The summed E-state index contributed by atoms with van der Waals surface area (Å²) in [5, 5.41) is 5.36. The maximum absolute atomic E-state index is 12.8. The second kappa shape index (κ2) is 11.0. The van der Waals surface area contributed by atoms with Gasteiger partial charge in [0.05, 0.1) is 19.9 Å². The Morgan fingerprint density at radius 1 is 1.09 bits per heavy atom. The highest BCUT2D eigenvalue weighted by molar-refractivity contribution is 7.14. The number of rotatable bonds is 7. The molecule has 176 valence electrons. The zero-order chi connectivity index (χ0) is 23.9. The average molecular weight is 478 g/mol. The Bertz CT molecular complexity index is 1170. The summed E-state index contributed by atoms with van der Waals surface area (Å²) in [5.41, 5.74) is 2.50. The fraction of sp³-hybridized carbons (Fsp3) is 0.269. The number of thiazole rings is 1. The van der Waals surface area contributed by atoms with Gasteiger partial charge in [-0.25, -0.2) is 4.98 Å². The fourth-order valence-corrected chi connectivity index (χ4v) is 4.59. The molecule has 1 aromatic heterocycles.